The monoisotopic (exact) mass is 332 g/mol. The van der Waals surface area contributed by atoms with Crippen LogP contribution in [0.2, 0.25) is 0 Å². The van der Waals surface area contributed by atoms with Gasteiger partial charge in [0.25, 0.3) is 0 Å². The Morgan fingerprint density at radius 3 is 2.63 bits per heavy atom. The van der Waals surface area contributed by atoms with Crippen molar-refractivity contribution in [2.75, 3.05) is 13.2 Å². The molecule has 2 heterocycles. The maximum Gasteiger partial charge on any atom is 0.165 e. The van der Waals surface area contributed by atoms with Gasteiger partial charge in [-0.05, 0) is 35.7 Å². The van der Waals surface area contributed by atoms with Crippen LogP contribution in [0.3, 0.4) is 0 Å². The molecule has 108 valence electrons. The Bertz CT molecular complexity index is 441. The predicted octanol–water partition coefficient (Wildman–Crippen LogP) is 2.32. The van der Waals surface area contributed by atoms with E-state index in [0.717, 1.165) is 16.6 Å². The molecule has 1 saturated heterocycles. The third kappa shape index (κ3) is 3.18. The molecule has 0 aromatic carbocycles. The first-order chi connectivity index (χ1) is 8.97. The summed E-state index contributed by atoms with van der Waals surface area (Å²) in [6.07, 6.45) is 1.49. The van der Waals surface area contributed by atoms with Gasteiger partial charge in [0.1, 0.15) is 5.69 Å². The van der Waals surface area contributed by atoms with E-state index in [4.69, 9.17) is 9.47 Å². The first-order valence-electron chi connectivity index (χ1n) is 6.64. The lowest BCUT2D eigenvalue weighted by atomic mass is 10.1. The lowest BCUT2D eigenvalue weighted by molar-refractivity contribution is -0.151. The minimum Gasteiger partial charge on any atom is -0.387 e. The first-order valence-corrected chi connectivity index (χ1v) is 7.43. The van der Waals surface area contributed by atoms with E-state index in [2.05, 4.69) is 28.0 Å². The van der Waals surface area contributed by atoms with Crippen LogP contribution in [0.4, 0.5) is 0 Å². The quantitative estimate of drug-likeness (QED) is 0.899. The smallest absolute Gasteiger partial charge is 0.165 e. The first kappa shape index (κ1) is 15.0. The summed E-state index contributed by atoms with van der Waals surface area (Å²) < 4.78 is 13.8. The van der Waals surface area contributed by atoms with Gasteiger partial charge in [0.2, 0.25) is 0 Å². The molecule has 1 aliphatic rings. The molecule has 0 saturated carbocycles. The average Bonchev–Trinajstić information content (AvgIpc) is 2.92. The van der Waals surface area contributed by atoms with Crippen molar-refractivity contribution in [2.24, 2.45) is 7.05 Å². The van der Waals surface area contributed by atoms with Crippen LogP contribution in [0.5, 0.6) is 0 Å². The summed E-state index contributed by atoms with van der Waals surface area (Å²) in [5.41, 5.74) is 1.79. The van der Waals surface area contributed by atoms with E-state index < -0.39 is 11.9 Å². The Morgan fingerprint density at radius 2 is 2.11 bits per heavy atom. The summed E-state index contributed by atoms with van der Waals surface area (Å²) in [4.78, 5) is 0. The number of nitrogens with zero attached hydrogens (tertiary/aromatic N) is 2. The molecule has 0 spiro atoms. The lowest BCUT2D eigenvalue weighted by Gasteiger charge is -2.23. The minimum atomic E-state index is -0.606. The van der Waals surface area contributed by atoms with E-state index in [1.807, 2.05) is 18.7 Å². The molecule has 0 aliphatic carbocycles. The largest absolute Gasteiger partial charge is 0.387 e. The van der Waals surface area contributed by atoms with E-state index in [9.17, 15) is 5.11 Å². The molecule has 1 aromatic rings. The van der Waals surface area contributed by atoms with Crippen LogP contribution in [0.25, 0.3) is 0 Å². The van der Waals surface area contributed by atoms with Crippen LogP contribution in [-0.2, 0) is 22.9 Å². The van der Waals surface area contributed by atoms with E-state index >= 15 is 0 Å². The zero-order valence-electron chi connectivity index (χ0n) is 11.6. The third-order valence-electron chi connectivity index (χ3n) is 3.55. The van der Waals surface area contributed by atoms with Crippen molar-refractivity contribution in [3.63, 3.8) is 0 Å². The number of hydrogen-bond donors (Lipinski definition) is 1. The molecular formula is C13H21BrN2O3. The zero-order chi connectivity index (χ0) is 14.0. The van der Waals surface area contributed by atoms with E-state index in [-0.39, 0.29) is 0 Å². The summed E-state index contributed by atoms with van der Waals surface area (Å²) >= 11 is 3.52. The molecule has 1 aromatic heterocycles. The second kappa shape index (κ2) is 5.91. The molecule has 1 aliphatic heterocycles. The number of hydrogen-bond acceptors (Lipinski definition) is 4. The van der Waals surface area contributed by atoms with Crippen molar-refractivity contribution >= 4 is 15.9 Å². The van der Waals surface area contributed by atoms with E-state index in [1.54, 1.807) is 0 Å². The highest BCUT2D eigenvalue weighted by Gasteiger charge is 2.32. The van der Waals surface area contributed by atoms with Gasteiger partial charge in [-0.1, -0.05) is 6.92 Å². The topological polar surface area (TPSA) is 56.5 Å². The Kier molecular flexibility index (Phi) is 4.66. The summed E-state index contributed by atoms with van der Waals surface area (Å²) in [5, 5.41) is 14.7. The third-order valence-corrected chi connectivity index (χ3v) is 4.41. The maximum atomic E-state index is 10.3. The fraction of sp³-hybridized carbons (Fsp3) is 0.769. The van der Waals surface area contributed by atoms with Crippen LogP contribution < -0.4 is 0 Å². The van der Waals surface area contributed by atoms with Gasteiger partial charge in [-0.2, -0.15) is 5.10 Å². The van der Waals surface area contributed by atoms with Crippen LogP contribution in [0.15, 0.2) is 4.47 Å². The number of ether oxygens (including phenoxy) is 2. The maximum absolute atomic E-state index is 10.3. The minimum absolute atomic E-state index is 0.560. The van der Waals surface area contributed by atoms with Crippen molar-refractivity contribution in [3.05, 3.63) is 15.9 Å². The van der Waals surface area contributed by atoms with E-state index in [1.165, 1.54) is 0 Å². The van der Waals surface area contributed by atoms with Gasteiger partial charge in [-0.3, -0.25) is 4.68 Å². The van der Waals surface area contributed by atoms with Gasteiger partial charge in [-0.15, -0.1) is 0 Å². The van der Waals surface area contributed by atoms with Crippen LogP contribution >= 0.6 is 15.9 Å². The van der Waals surface area contributed by atoms with Crippen molar-refractivity contribution in [3.8, 4) is 0 Å². The Morgan fingerprint density at radius 1 is 1.47 bits per heavy atom. The second-order valence-corrected chi connectivity index (χ2v) is 5.80. The van der Waals surface area contributed by atoms with E-state index in [0.29, 0.717) is 31.7 Å². The number of aliphatic hydroxyl groups excluding tert-OH is 1. The summed E-state index contributed by atoms with van der Waals surface area (Å²) in [5.74, 6) is -0.560. The van der Waals surface area contributed by atoms with Crippen molar-refractivity contribution < 1.29 is 14.6 Å². The molecule has 6 heteroatoms. The molecular weight excluding hydrogens is 312 g/mol. The number of rotatable bonds is 5. The number of aromatic nitrogens is 2. The molecule has 1 atom stereocenters. The molecule has 19 heavy (non-hydrogen) atoms. The normalized spacial score (nSPS) is 19.8. The molecule has 2 rings (SSSR count). The number of aryl methyl sites for hydroxylation is 1. The molecule has 0 radical (unpaired) electrons. The van der Waals surface area contributed by atoms with Gasteiger partial charge < -0.3 is 14.6 Å². The van der Waals surface area contributed by atoms with Crippen molar-refractivity contribution in [1.82, 2.24) is 9.78 Å². The predicted molar refractivity (Wildman–Crippen MR) is 74.8 cm³/mol. The van der Waals surface area contributed by atoms with Gasteiger partial charge in [0.15, 0.2) is 5.79 Å². The highest BCUT2D eigenvalue weighted by Crippen LogP contribution is 2.32. The van der Waals surface area contributed by atoms with Crippen molar-refractivity contribution in [2.45, 2.75) is 45.0 Å². The fourth-order valence-corrected chi connectivity index (χ4v) is 3.27. The SMILES string of the molecule is CCc1c(Br)c([C@H](O)CCC2(C)OCCO2)nn1C. The lowest BCUT2D eigenvalue weighted by Crippen LogP contribution is -2.26. The zero-order valence-corrected chi connectivity index (χ0v) is 13.2. The molecule has 1 N–H and O–H groups in total. The summed E-state index contributed by atoms with van der Waals surface area (Å²) in [7, 11) is 1.89. The Balaban J connectivity index is 2.01. The highest BCUT2D eigenvalue weighted by molar-refractivity contribution is 9.10. The fourth-order valence-electron chi connectivity index (χ4n) is 2.39. The van der Waals surface area contributed by atoms with Crippen LogP contribution in [-0.4, -0.2) is 33.9 Å². The van der Waals surface area contributed by atoms with Crippen LogP contribution in [0, 0.1) is 0 Å². The molecule has 0 unspecified atom stereocenters. The number of aliphatic hydroxyl groups is 1. The number of halogens is 1. The summed E-state index contributed by atoms with van der Waals surface area (Å²) in [6.45, 7) is 5.23. The van der Waals surface area contributed by atoms with Gasteiger partial charge in [0, 0.05) is 13.5 Å². The Hall–Kier alpha value is -0.430. The molecule has 1 fully saturated rings. The molecule has 0 amide bonds. The highest BCUT2D eigenvalue weighted by atomic mass is 79.9. The average molecular weight is 333 g/mol. The van der Waals surface area contributed by atoms with Gasteiger partial charge in [-0.25, -0.2) is 0 Å². The second-order valence-electron chi connectivity index (χ2n) is 5.01. The van der Waals surface area contributed by atoms with Crippen LogP contribution in [0.1, 0.15) is 44.2 Å². The van der Waals surface area contributed by atoms with Gasteiger partial charge >= 0.3 is 0 Å². The van der Waals surface area contributed by atoms with Crippen molar-refractivity contribution in [1.29, 1.82) is 0 Å². The van der Waals surface area contributed by atoms with Gasteiger partial charge in [0.05, 0.1) is 29.5 Å². The molecule has 5 nitrogen and oxygen atoms in total. The summed E-state index contributed by atoms with van der Waals surface area (Å²) in [6, 6.07) is 0. The Labute approximate surface area is 122 Å². The molecule has 0 bridgehead atoms. The standard InChI is InChI=1S/C13H21BrN2O3/c1-4-9-11(14)12(15-16(9)3)10(17)5-6-13(2)18-7-8-19-13/h10,17H,4-8H2,1-3H3/t10-/m1/s1.